The van der Waals surface area contributed by atoms with E-state index in [1.807, 2.05) is 0 Å². The maximum absolute atomic E-state index is 2.45. The van der Waals surface area contributed by atoms with E-state index in [2.05, 4.69) is 44.2 Å². The predicted molar refractivity (Wildman–Crippen MR) is 64.0 cm³/mol. The van der Waals surface area contributed by atoms with Crippen molar-refractivity contribution >= 4 is 0 Å². The van der Waals surface area contributed by atoms with Crippen LogP contribution in [0.2, 0.25) is 0 Å². The molecule has 0 radical (unpaired) electrons. The first kappa shape index (κ1) is 9.21. The fraction of sp³-hybridized carbons (Fsp3) is 0.467. The molecule has 3 unspecified atom stereocenters. The Kier molecular flexibility index (Phi) is 1.98. The van der Waals surface area contributed by atoms with Crippen LogP contribution < -0.4 is 0 Å². The Balaban J connectivity index is 1.99. The van der Waals surface area contributed by atoms with Gasteiger partial charge in [0.05, 0.1) is 0 Å². The minimum Gasteiger partial charge on any atom is -0.0851 e. The van der Waals surface area contributed by atoms with Crippen molar-refractivity contribution in [2.75, 3.05) is 0 Å². The van der Waals surface area contributed by atoms with Crippen LogP contribution in [0.15, 0.2) is 30.4 Å². The highest BCUT2D eigenvalue weighted by atomic mass is 14.4. The van der Waals surface area contributed by atoms with Gasteiger partial charge < -0.3 is 0 Å². The zero-order chi connectivity index (χ0) is 10.4. The van der Waals surface area contributed by atoms with E-state index >= 15 is 0 Å². The number of benzene rings is 1. The molecule has 0 amide bonds. The Morgan fingerprint density at radius 1 is 1.07 bits per heavy atom. The molecule has 0 heterocycles. The van der Waals surface area contributed by atoms with Crippen molar-refractivity contribution in [3.8, 4) is 0 Å². The average molecular weight is 198 g/mol. The van der Waals surface area contributed by atoms with Crippen molar-refractivity contribution in [3.05, 3.63) is 47.0 Å². The van der Waals surface area contributed by atoms with Gasteiger partial charge in [-0.25, -0.2) is 0 Å². The SMILES string of the molecule is Cc1ccc(C)c(C2CC3C=CC2C3)c1. The topological polar surface area (TPSA) is 0 Å². The molecule has 0 N–H and O–H groups in total. The number of fused-ring (bicyclic) bond motifs is 2. The Bertz CT molecular complexity index is 414. The summed E-state index contributed by atoms with van der Waals surface area (Å²) in [5, 5.41) is 0. The summed E-state index contributed by atoms with van der Waals surface area (Å²) in [6, 6.07) is 6.90. The van der Waals surface area contributed by atoms with E-state index < -0.39 is 0 Å². The monoisotopic (exact) mass is 198 g/mol. The molecular weight excluding hydrogens is 180 g/mol. The van der Waals surface area contributed by atoms with Crippen LogP contribution in [0, 0.1) is 25.7 Å². The maximum atomic E-state index is 2.45. The largest absolute Gasteiger partial charge is 0.0851 e. The van der Waals surface area contributed by atoms with E-state index in [4.69, 9.17) is 0 Å². The summed E-state index contributed by atoms with van der Waals surface area (Å²) in [7, 11) is 0. The van der Waals surface area contributed by atoms with E-state index in [0.717, 1.165) is 17.8 Å². The van der Waals surface area contributed by atoms with Gasteiger partial charge in [0.1, 0.15) is 0 Å². The van der Waals surface area contributed by atoms with E-state index in [1.54, 1.807) is 5.56 Å². The van der Waals surface area contributed by atoms with Crippen LogP contribution in [-0.2, 0) is 0 Å². The van der Waals surface area contributed by atoms with Crippen molar-refractivity contribution in [2.24, 2.45) is 11.8 Å². The van der Waals surface area contributed by atoms with Crippen LogP contribution >= 0.6 is 0 Å². The lowest BCUT2D eigenvalue weighted by molar-refractivity contribution is 0.582. The molecule has 1 fully saturated rings. The molecule has 78 valence electrons. The Morgan fingerprint density at radius 2 is 1.93 bits per heavy atom. The van der Waals surface area contributed by atoms with Crippen molar-refractivity contribution in [2.45, 2.75) is 32.6 Å². The van der Waals surface area contributed by atoms with Crippen LogP contribution in [0.4, 0.5) is 0 Å². The molecule has 2 aliphatic carbocycles. The summed E-state index contributed by atoms with van der Waals surface area (Å²) in [5.74, 6) is 2.51. The van der Waals surface area contributed by atoms with Gasteiger partial charge in [-0.05, 0) is 55.6 Å². The number of allylic oxidation sites excluding steroid dienone is 2. The number of aryl methyl sites for hydroxylation is 2. The van der Waals surface area contributed by atoms with Gasteiger partial charge in [0.15, 0.2) is 0 Å². The standard InChI is InChI=1S/C15H18/c1-10-3-4-11(2)14(7-10)15-9-12-5-6-13(15)8-12/h3-7,12-13,15H,8-9H2,1-2H3. The summed E-state index contributed by atoms with van der Waals surface area (Å²) in [5.41, 5.74) is 4.49. The number of hydrogen-bond acceptors (Lipinski definition) is 0. The van der Waals surface area contributed by atoms with Crippen molar-refractivity contribution in [3.63, 3.8) is 0 Å². The fourth-order valence-corrected chi connectivity index (χ4v) is 3.30. The highest BCUT2D eigenvalue weighted by Gasteiger charge is 2.36. The third kappa shape index (κ3) is 1.43. The first-order chi connectivity index (χ1) is 7.24. The van der Waals surface area contributed by atoms with Gasteiger partial charge >= 0.3 is 0 Å². The lowest BCUT2D eigenvalue weighted by Gasteiger charge is -2.21. The normalized spacial score (nSPS) is 32.5. The minimum absolute atomic E-state index is 0.805. The van der Waals surface area contributed by atoms with Gasteiger partial charge in [-0.3, -0.25) is 0 Å². The van der Waals surface area contributed by atoms with E-state index in [0.29, 0.717) is 0 Å². The molecule has 1 aromatic carbocycles. The number of rotatable bonds is 1. The predicted octanol–water partition coefficient (Wildman–Crippen LogP) is 3.98. The first-order valence-electron chi connectivity index (χ1n) is 5.99. The fourth-order valence-electron chi connectivity index (χ4n) is 3.30. The lowest BCUT2D eigenvalue weighted by Crippen LogP contribution is -2.06. The first-order valence-corrected chi connectivity index (χ1v) is 5.99. The highest BCUT2D eigenvalue weighted by molar-refractivity contribution is 5.36. The summed E-state index contributed by atoms with van der Waals surface area (Å²) < 4.78 is 0. The third-order valence-corrected chi connectivity index (χ3v) is 4.11. The van der Waals surface area contributed by atoms with E-state index in [1.165, 1.54) is 24.0 Å². The van der Waals surface area contributed by atoms with E-state index in [9.17, 15) is 0 Å². The third-order valence-electron chi connectivity index (χ3n) is 4.11. The van der Waals surface area contributed by atoms with Crippen molar-refractivity contribution < 1.29 is 0 Å². The molecule has 1 aromatic rings. The molecule has 3 atom stereocenters. The molecule has 2 aliphatic rings. The second-order valence-corrected chi connectivity index (χ2v) is 5.25. The zero-order valence-electron chi connectivity index (χ0n) is 9.53. The van der Waals surface area contributed by atoms with Gasteiger partial charge in [0.2, 0.25) is 0 Å². The van der Waals surface area contributed by atoms with Gasteiger partial charge in [0, 0.05) is 0 Å². The second-order valence-electron chi connectivity index (χ2n) is 5.25. The second kappa shape index (κ2) is 3.23. The lowest BCUT2D eigenvalue weighted by atomic mass is 9.84. The van der Waals surface area contributed by atoms with Gasteiger partial charge in [-0.15, -0.1) is 0 Å². The molecule has 2 bridgehead atoms. The molecule has 0 aromatic heterocycles. The van der Waals surface area contributed by atoms with Crippen LogP contribution in [0.3, 0.4) is 0 Å². The van der Waals surface area contributed by atoms with Crippen LogP contribution in [0.1, 0.15) is 35.4 Å². The number of hydrogen-bond donors (Lipinski definition) is 0. The average Bonchev–Trinajstić information content (AvgIpc) is 2.83. The van der Waals surface area contributed by atoms with Gasteiger partial charge in [-0.1, -0.05) is 35.9 Å². The van der Waals surface area contributed by atoms with Crippen LogP contribution in [0.25, 0.3) is 0 Å². The quantitative estimate of drug-likeness (QED) is 0.599. The summed E-state index contributed by atoms with van der Waals surface area (Å²) in [6.07, 6.45) is 7.65. The Hall–Kier alpha value is -1.04. The molecule has 3 rings (SSSR count). The van der Waals surface area contributed by atoms with Gasteiger partial charge in [-0.2, -0.15) is 0 Å². The van der Waals surface area contributed by atoms with Gasteiger partial charge in [0.25, 0.3) is 0 Å². The van der Waals surface area contributed by atoms with Crippen LogP contribution in [0.5, 0.6) is 0 Å². The molecule has 1 saturated carbocycles. The molecule has 0 heteroatoms. The Labute approximate surface area is 92.0 Å². The van der Waals surface area contributed by atoms with Crippen molar-refractivity contribution in [1.29, 1.82) is 0 Å². The zero-order valence-corrected chi connectivity index (χ0v) is 9.53. The molecular formula is C15H18. The van der Waals surface area contributed by atoms with Crippen LogP contribution in [-0.4, -0.2) is 0 Å². The molecule has 0 aliphatic heterocycles. The Morgan fingerprint density at radius 3 is 2.60 bits per heavy atom. The summed E-state index contributed by atoms with van der Waals surface area (Å²) >= 11 is 0. The molecule has 0 nitrogen and oxygen atoms in total. The highest BCUT2D eigenvalue weighted by Crippen LogP contribution is 2.49. The summed E-state index contributed by atoms with van der Waals surface area (Å²) in [4.78, 5) is 0. The summed E-state index contributed by atoms with van der Waals surface area (Å²) in [6.45, 7) is 4.45. The molecule has 0 saturated heterocycles. The smallest absolute Gasteiger partial charge is 0.00905 e. The minimum atomic E-state index is 0.805. The molecule has 15 heavy (non-hydrogen) atoms. The molecule has 0 spiro atoms. The van der Waals surface area contributed by atoms with E-state index in [-0.39, 0.29) is 0 Å². The maximum Gasteiger partial charge on any atom is -0.00905 e. The van der Waals surface area contributed by atoms with Crippen molar-refractivity contribution in [1.82, 2.24) is 0 Å².